The second-order valence-corrected chi connectivity index (χ2v) is 4.25. The molecule has 0 spiro atoms. The van der Waals surface area contributed by atoms with E-state index in [4.69, 9.17) is 0 Å². The van der Waals surface area contributed by atoms with Gasteiger partial charge in [-0.3, -0.25) is 15.2 Å². The van der Waals surface area contributed by atoms with Gasteiger partial charge in [-0.15, -0.1) is 0 Å². The van der Waals surface area contributed by atoms with Gasteiger partial charge in [0.05, 0.1) is 0 Å². The van der Waals surface area contributed by atoms with E-state index in [9.17, 15) is 4.79 Å². The van der Waals surface area contributed by atoms with E-state index in [1.54, 1.807) is 16.8 Å². The van der Waals surface area contributed by atoms with Crippen molar-refractivity contribution >= 4 is 33.6 Å². The third kappa shape index (κ3) is 1.91. The number of carbonyl (C=O) groups is 1. The van der Waals surface area contributed by atoms with E-state index in [2.05, 4.69) is 21.4 Å². The predicted molar refractivity (Wildman–Crippen MR) is 45.1 cm³/mol. The molecule has 1 heterocycles. The number of carbonyl (C=O) groups excluding carboxylic acids is 1. The molecule has 1 atom stereocenters. The molecule has 1 amide bonds. The Morgan fingerprint density at radius 1 is 1.90 bits per heavy atom. The maximum Gasteiger partial charge on any atom is 0.235 e. The molecule has 0 saturated heterocycles. The van der Waals surface area contributed by atoms with Gasteiger partial charge in [-0.05, 0) is 5.41 Å². The first-order chi connectivity index (χ1) is 4.70. The molecule has 0 aromatic carbocycles. The minimum absolute atomic E-state index is 0.0587. The fourth-order valence-electron chi connectivity index (χ4n) is 0.569. The fourth-order valence-corrected chi connectivity index (χ4v) is 1.77. The van der Waals surface area contributed by atoms with Gasteiger partial charge in [0.15, 0.2) is 4.28 Å². The highest BCUT2D eigenvalue weighted by Gasteiger charge is 2.16. The zero-order valence-corrected chi connectivity index (χ0v) is 7.78. The maximum absolute atomic E-state index is 10.5. The van der Waals surface area contributed by atoms with Crippen LogP contribution in [-0.4, -0.2) is 15.2 Å². The zero-order valence-electron chi connectivity index (χ0n) is 5.37. The molecule has 1 N–H and O–H groups in total. The Labute approximate surface area is 71.9 Å². The molecule has 1 unspecified atom stereocenters. The summed E-state index contributed by atoms with van der Waals surface area (Å²) >= 11 is 4.94. The lowest BCUT2D eigenvalue weighted by molar-refractivity contribution is -0.122. The van der Waals surface area contributed by atoms with E-state index in [1.807, 2.05) is 11.6 Å². The van der Waals surface area contributed by atoms with Crippen molar-refractivity contribution in [3.8, 4) is 0 Å². The van der Waals surface area contributed by atoms with Crippen molar-refractivity contribution in [3.05, 3.63) is 11.6 Å². The second kappa shape index (κ2) is 3.30. The van der Waals surface area contributed by atoms with Crippen LogP contribution < -0.4 is 5.43 Å². The Bertz CT molecular complexity index is 173. The number of halogens is 1. The van der Waals surface area contributed by atoms with Crippen molar-refractivity contribution < 1.29 is 4.79 Å². The van der Waals surface area contributed by atoms with Crippen molar-refractivity contribution in [1.82, 2.24) is 10.4 Å². The third-order valence-electron chi connectivity index (χ3n) is 0.918. The molecule has 0 bridgehead atoms. The van der Waals surface area contributed by atoms with Crippen molar-refractivity contribution in [2.24, 2.45) is 0 Å². The molecule has 0 aromatic rings. The molecule has 1 aliphatic rings. The molecule has 10 heavy (non-hydrogen) atoms. The summed E-state index contributed by atoms with van der Waals surface area (Å²) in [7, 11) is 0. The van der Waals surface area contributed by atoms with Gasteiger partial charge >= 0.3 is 0 Å². The molecular weight excluding hydrogens is 216 g/mol. The SMILES string of the molecule is CC(=O)NN1C=CSC1Br. The van der Waals surface area contributed by atoms with Gasteiger partial charge in [0, 0.05) is 13.1 Å². The summed E-state index contributed by atoms with van der Waals surface area (Å²) in [6, 6.07) is 0. The Kier molecular flexibility index (Phi) is 2.62. The summed E-state index contributed by atoms with van der Waals surface area (Å²) in [5.41, 5.74) is 2.63. The number of hydrogen-bond acceptors (Lipinski definition) is 3. The van der Waals surface area contributed by atoms with Crippen LogP contribution in [0.2, 0.25) is 0 Å². The van der Waals surface area contributed by atoms with E-state index in [1.165, 1.54) is 6.92 Å². The summed E-state index contributed by atoms with van der Waals surface area (Å²) in [5.74, 6) is -0.0587. The Morgan fingerprint density at radius 3 is 3.00 bits per heavy atom. The number of nitrogens with one attached hydrogen (secondary N) is 1. The molecule has 0 fully saturated rings. The molecule has 1 rings (SSSR count). The largest absolute Gasteiger partial charge is 0.274 e. The number of amides is 1. The number of alkyl halides is 1. The van der Waals surface area contributed by atoms with Crippen LogP contribution in [-0.2, 0) is 4.79 Å². The highest BCUT2D eigenvalue weighted by molar-refractivity contribution is 9.11. The lowest BCUT2D eigenvalue weighted by atomic mass is 10.7. The Morgan fingerprint density at radius 2 is 2.60 bits per heavy atom. The van der Waals surface area contributed by atoms with Crippen molar-refractivity contribution in [3.63, 3.8) is 0 Å². The number of rotatable bonds is 1. The molecule has 1 aliphatic heterocycles. The lowest BCUT2D eigenvalue weighted by Crippen LogP contribution is -2.38. The van der Waals surface area contributed by atoms with Gasteiger partial charge in [0.1, 0.15) is 0 Å². The first-order valence-corrected chi connectivity index (χ1v) is 4.58. The van der Waals surface area contributed by atoms with E-state index in [0.29, 0.717) is 0 Å². The quantitative estimate of drug-likeness (QED) is 0.536. The molecule has 0 aliphatic carbocycles. The molecule has 0 saturated carbocycles. The zero-order chi connectivity index (χ0) is 7.56. The maximum atomic E-state index is 10.5. The summed E-state index contributed by atoms with van der Waals surface area (Å²) in [6.45, 7) is 1.48. The van der Waals surface area contributed by atoms with E-state index >= 15 is 0 Å². The standard InChI is InChI=1S/C5H7BrN2OS/c1-4(9)7-8-2-3-10-5(8)6/h2-3,5H,1H3,(H,7,9). The number of nitrogens with zero attached hydrogens (tertiary/aromatic N) is 1. The Hall–Kier alpha value is -0.160. The second-order valence-electron chi connectivity index (χ2n) is 1.79. The summed E-state index contributed by atoms with van der Waals surface area (Å²) in [6.07, 6.45) is 1.81. The predicted octanol–water partition coefficient (Wildman–Crippen LogP) is 1.24. The molecule has 0 aromatic heterocycles. The highest BCUT2D eigenvalue weighted by atomic mass is 79.9. The van der Waals surface area contributed by atoms with Crippen LogP contribution in [0.15, 0.2) is 11.6 Å². The number of hydrazine groups is 1. The first kappa shape index (κ1) is 7.94. The van der Waals surface area contributed by atoms with Gasteiger partial charge < -0.3 is 0 Å². The first-order valence-electron chi connectivity index (χ1n) is 2.72. The smallest absolute Gasteiger partial charge is 0.235 e. The average molecular weight is 223 g/mol. The van der Waals surface area contributed by atoms with Gasteiger partial charge in [-0.1, -0.05) is 27.7 Å². The van der Waals surface area contributed by atoms with Gasteiger partial charge in [-0.25, -0.2) is 0 Å². The lowest BCUT2D eigenvalue weighted by Gasteiger charge is -2.19. The van der Waals surface area contributed by atoms with Gasteiger partial charge in [0.2, 0.25) is 5.91 Å². The van der Waals surface area contributed by atoms with Crippen LogP contribution in [0.3, 0.4) is 0 Å². The minimum Gasteiger partial charge on any atom is -0.274 e. The van der Waals surface area contributed by atoms with E-state index in [0.717, 1.165) is 0 Å². The van der Waals surface area contributed by atoms with Gasteiger partial charge in [-0.2, -0.15) is 0 Å². The Balaban J connectivity index is 2.40. The number of hydrogen-bond donors (Lipinski definition) is 1. The summed E-state index contributed by atoms with van der Waals surface area (Å²) in [5, 5.41) is 3.61. The molecular formula is C5H7BrN2OS. The highest BCUT2D eigenvalue weighted by Crippen LogP contribution is 2.27. The molecule has 5 heteroatoms. The molecule has 56 valence electrons. The molecule has 0 radical (unpaired) electrons. The third-order valence-corrected chi connectivity index (χ3v) is 2.74. The molecule has 3 nitrogen and oxygen atoms in total. The van der Waals surface area contributed by atoms with Crippen LogP contribution in [0.1, 0.15) is 6.92 Å². The van der Waals surface area contributed by atoms with Crippen LogP contribution in [0.4, 0.5) is 0 Å². The van der Waals surface area contributed by atoms with E-state index < -0.39 is 0 Å². The monoisotopic (exact) mass is 222 g/mol. The van der Waals surface area contributed by atoms with E-state index in [-0.39, 0.29) is 10.2 Å². The number of thioether (sulfide) groups is 1. The van der Waals surface area contributed by atoms with Crippen molar-refractivity contribution in [1.29, 1.82) is 0 Å². The average Bonchev–Trinajstić information content (AvgIpc) is 2.15. The van der Waals surface area contributed by atoms with Crippen LogP contribution in [0, 0.1) is 0 Å². The van der Waals surface area contributed by atoms with Crippen molar-refractivity contribution in [2.75, 3.05) is 0 Å². The summed E-state index contributed by atoms with van der Waals surface area (Å²) in [4.78, 5) is 10.5. The topological polar surface area (TPSA) is 32.3 Å². The van der Waals surface area contributed by atoms with Crippen LogP contribution in [0.5, 0.6) is 0 Å². The normalized spacial score (nSPS) is 23.4. The van der Waals surface area contributed by atoms with Crippen LogP contribution in [0.25, 0.3) is 0 Å². The van der Waals surface area contributed by atoms with Gasteiger partial charge in [0.25, 0.3) is 0 Å². The van der Waals surface area contributed by atoms with Crippen LogP contribution >= 0.6 is 27.7 Å². The summed E-state index contributed by atoms with van der Waals surface area (Å²) < 4.78 is 0.136. The fraction of sp³-hybridized carbons (Fsp3) is 0.400. The van der Waals surface area contributed by atoms with Crippen molar-refractivity contribution in [2.45, 2.75) is 11.2 Å². The minimum atomic E-state index is -0.0587.